The van der Waals surface area contributed by atoms with Crippen molar-refractivity contribution in [1.29, 1.82) is 0 Å². The van der Waals surface area contributed by atoms with Crippen molar-refractivity contribution in [3.05, 3.63) is 47.1 Å². The Hall–Kier alpha value is -2.10. The highest BCUT2D eigenvalue weighted by atomic mass is 79.9. The minimum Gasteiger partial charge on any atom is -0.378 e. The second-order valence-corrected chi connectivity index (χ2v) is 8.01. The van der Waals surface area contributed by atoms with Gasteiger partial charge in [-0.25, -0.2) is 4.98 Å². The van der Waals surface area contributed by atoms with Crippen LogP contribution in [0.5, 0.6) is 0 Å². The standard InChI is InChI=1S/C19H21BrN4O3S/c20-14-2-1-3-15(10-14)22-18(25)12-28-13-19(26)23-16-4-5-17(21-11-16)24-6-8-27-9-7-24/h1-5,10-11H,6-9,12-13H2,(H,22,25)(H,23,26). The van der Waals surface area contributed by atoms with Crippen molar-refractivity contribution >= 4 is 56.7 Å². The number of ether oxygens (including phenoxy) is 1. The Balaban J connectivity index is 1.38. The molecule has 7 nitrogen and oxygen atoms in total. The number of anilines is 3. The van der Waals surface area contributed by atoms with Crippen LogP contribution in [-0.4, -0.2) is 54.6 Å². The summed E-state index contributed by atoms with van der Waals surface area (Å²) >= 11 is 4.62. The van der Waals surface area contributed by atoms with Gasteiger partial charge in [0.25, 0.3) is 0 Å². The first-order valence-corrected chi connectivity index (χ1v) is 10.8. The van der Waals surface area contributed by atoms with Gasteiger partial charge in [0.2, 0.25) is 11.8 Å². The Bertz CT molecular complexity index is 813. The predicted octanol–water partition coefficient (Wildman–Crippen LogP) is 2.99. The lowest BCUT2D eigenvalue weighted by atomic mass is 10.3. The fraction of sp³-hybridized carbons (Fsp3) is 0.316. The van der Waals surface area contributed by atoms with E-state index < -0.39 is 0 Å². The van der Waals surface area contributed by atoms with E-state index >= 15 is 0 Å². The van der Waals surface area contributed by atoms with Crippen molar-refractivity contribution in [3.63, 3.8) is 0 Å². The number of amides is 2. The van der Waals surface area contributed by atoms with Crippen LogP contribution in [0.1, 0.15) is 0 Å². The number of morpholine rings is 1. The summed E-state index contributed by atoms with van der Waals surface area (Å²) in [5, 5.41) is 5.60. The van der Waals surface area contributed by atoms with Gasteiger partial charge < -0.3 is 20.3 Å². The van der Waals surface area contributed by atoms with E-state index in [-0.39, 0.29) is 23.3 Å². The fourth-order valence-corrected chi connectivity index (χ4v) is 3.65. The lowest BCUT2D eigenvalue weighted by Gasteiger charge is -2.27. The van der Waals surface area contributed by atoms with Crippen molar-refractivity contribution in [2.45, 2.75) is 0 Å². The monoisotopic (exact) mass is 464 g/mol. The maximum Gasteiger partial charge on any atom is 0.234 e. The lowest BCUT2D eigenvalue weighted by molar-refractivity contribution is -0.114. The highest BCUT2D eigenvalue weighted by Gasteiger charge is 2.12. The van der Waals surface area contributed by atoms with Gasteiger partial charge in [-0.2, -0.15) is 0 Å². The minimum absolute atomic E-state index is 0.146. The van der Waals surface area contributed by atoms with Crippen molar-refractivity contribution < 1.29 is 14.3 Å². The second kappa shape index (κ2) is 10.4. The largest absolute Gasteiger partial charge is 0.378 e. The molecule has 2 N–H and O–H groups in total. The molecule has 0 unspecified atom stereocenters. The Labute approximate surface area is 176 Å². The molecular weight excluding hydrogens is 444 g/mol. The van der Waals surface area contributed by atoms with Gasteiger partial charge in [0, 0.05) is 23.2 Å². The molecule has 1 saturated heterocycles. The van der Waals surface area contributed by atoms with Crippen molar-refractivity contribution in [1.82, 2.24) is 4.98 Å². The van der Waals surface area contributed by atoms with Gasteiger partial charge >= 0.3 is 0 Å². The van der Waals surface area contributed by atoms with E-state index in [0.29, 0.717) is 18.9 Å². The van der Waals surface area contributed by atoms with E-state index in [2.05, 4.69) is 36.4 Å². The van der Waals surface area contributed by atoms with Gasteiger partial charge in [-0.3, -0.25) is 9.59 Å². The average Bonchev–Trinajstić information content (AvgIpc) is 2.69. The zero-order valence-corrected chi connectivity index (χ0v) is 17.6. The molecule has 9 heteroatoms. The quantitative estimate of drug-likeness (QED) is 0.655. The molecule has 3 rings (SSSR count). The average molecular weight is 465 g/mol. The van der Waals surface area contributed by atoms with E-state index in [0.717, 1.165) is 29.1 Å². The summed E-state index contributed by atoms with van der Waals surface area (Å²) < 4.78 is 6.23. The number of hydrogen-bond donors (Lipinski definition) is 2. The zero-order chi connectivity index (χ0) is 19.8. The third-order valence-corrected chi connectivity index (χ3v) is 5.37. The van der Waals surface area contributed by atoms with Crippen LogP contribution >= 0.6 is 27.7 Å². The van der Waals surface area contributed by atoms with Crippen LogP contribution in [-0.2, 0) is 14.3 Å². The van der Waals surface area contributed by atoms with Crippen LogP contribution in [0.4, 0.5) is 17.2 Å². The number of halogens is 1. The molecule has 2 aromatic rings. The van der Waals surface area contributed by atoms with Crippen LogP contribution in [0.25, 0.3) is 0 Å². The first-order valence-electron chi connectivity index (χ1n) is 8.82. The molecule has 1 aromatic carbocycles. The fourth-order valence-electron chi connectivity index (χ4n) is 2.64. The van der Waals surface area contributed by atoms with Crippen LogP contribution in [0.15, 0.2) is 47.1 Å². The minimum atomic E-state index is -0.166. The Kier molecular flexibility index (Phi) is 7.70. The number of nitrogens with one attached hydrogen (secondary N) is 2. The highest BCUT2D eigenvalue weighted by molar-refractivity contribution is 9.10. The topological polar surface area (TPSA) is 83.6 Å². The molecule has 28 heavy (non-hydrogen) atoms. The number of benzene rings is 1. The third-order valence-electron chi connectivity index (χ3n) is 3.94. The molecule has 148 valence electrons. The first-order chi connectivity index (χ1) is 13.6. The molecule has 0 bridgehead atoms. The molecule has 0 saturated carbocycles. The summed E-state index contributed by atoms with van der Waals surface area (Å²) in [6.45, 7) is 3.04. The third kappa shape index (κ3) is 6.50. The lowest BCUT2D eigenvalue weighted by Crippen LogP contribution is -2.36. The van der Waals surface area contributed by atoms with Crippen molar-refractivity contribution in [2.75, 3.05) is 53.3 Å². The summed E-state index contributed by atoms with van der Waals surface area (Å²) in [6.07, 6.45) is 1.65. The van der Waals surface area contributed by atoms with Gasteiger partial charge in [0.05, 0.1) is 36.6 Å². The summed E-state index contributed by atoms with van der Waals surface area (Å²) in [5.74, 6) is 0.958. The molecule has 1 aliphatic rings. The molecule has 0 radical (unpaired) electrons. The van der Waals surface area contributed by atoms with Gasteiger partial charge in [0.1, 0.15) is 5.82 Å². The zero-order valence-electron chi connectivity index (χ0n) is 15.2. The maximum atomic E-state index is 12.1. The second-order valence-electron chi connectivity index (χ2n) is 6.10. The van der Waals surface area contributed by atoms with E-state index in [1.165, 1.54) is 11.8 Å². The number of thioether (sulfide) groups is 1. The van der Waals surface area contributed by atoms with Gasteiger partial charge in [0.15, 0.2) is 0 Å². The van der Waals surface area contributed by atoms with E-state index in [1.807, 2.05) is 36.4 Å². The summed E-state index contributed by atoms with van der Waals surface area (Å²) in [7, 11) is 0. The van der Waals surface area contributed by atoms with E-state index in [9.17, 15) is 9.59 Å². The predicted molar refractivity (Wildman–Crippen MR) is 116 cm³/mol. The molecular formula is C19H21BrN4O3S. The number of carbonyl (C=O) groups excluding carboxylic acids is 2. The number of rotatable bonds is 7. The van der Waals surface area contributed by atoms with Crippen LogP contribution < -0.4 is 15.5 Å². The van der Waals surface area contributed by atoms with Crippen LogP contribution in [0.3, 0.4) is 0 Å². The van der Waals surface area contributed by atoms with Gasteiger partial charge in [-0.05, 0) is 30.3 Å². The Morgan fingerprint density at radius 3 is 2.43 bits per heavy atom. The molecule has 0 spiro atoms. The number of hydrogen-bond acceptors (Lipinski definition) is 6. The molecule has 2 heterocycles. The number of pyridine rings is 1. The Morgan fingerprint density at radius 1 is 1.07 bits per heavy atom. The molecule has 1 aliphatic heterocycles. The smallest absolute Gasteiger partial charge is 0.234 e. The summed E-state index contributed by atoms with van der Waals surface area (Å²) in [5.41, 5.74) is 1.36. The molecule has 0 atom stereocenters. The molecule has 0 aliphatic carbocycles. The maximum absolute atomic E-state index is 12.1. The van der Waals surface area contributed by atoms with Crippen molar-refractivity contribution in [2.24, 2.45) is 0 Å². The van der Waals surface area contributed by atoms with Crippen LogP contribution in [0, 0.1) is 0 Å². The van der Waals surface area contributed by atoms with Gasteiger partial charge in [-0.15, -0.1) is 11.8 Å². The van der Waals surface area contributed by atoms with Gasteiger partial charge in [-0.1, -0.05) is 22.0 Å². The van der Waals surface area contributed by atoms with Crippen molar-refractivity contribution in [3.8, 4) is 0 Å². The molecule has 1 aromatic heterocycles. The molecule has 1 fully saturated rings. The first kappa shape index (κ1) is 20.6. The number of nitrogens with zero attached hydrogens (tertiary/aromatic N) is 2. The highest BCUT2D eigenvalue weighted by Crippen LogP contribution is 2.17. The normalized spacial score (nSPS) is 13.8. The Morgan fingerprint density at radius 2 is 1.79 bits per heavy atom. The number of carbonyl (C=O) groups is 2. The number of aromatic nitrogens is 1. The summed E-state index contributed by atoms with van der Waals surface area (Å²) in [6, 6.07) is 11.1. The van der Waals surface area contributed by atoms with E-state index in [1.54, 1.807) is 6.20 Å². The van der Waals surface area contributed by atoms with Crippen LogP contribution in [0.2, 0.25) is 0 Å². The SMILES string of the molecule is O=C(CSCC(=O)Nc1cccc(Br)c1)Nc1ccc(N2CCOCC2)nc1. The van der Waals surface area contributed by atoms with E-state index in [4.69, 9.17) is 4.74 Å². The molecule has 2 amide bonds. The summed E-state index contributed by atoms with van der Waals surface area (Å²) in [4.78, 5) is 30.6.